The van der Waals surface area contributed by atoms with Gasteiger partial charge in [-0.15, -0.1) is 0 Å². The molecule has 0 aromatic heterocycles. The molecule has 3 heteroatoms. The molecule has 0 bridgehead atoms. The molecule has 1 aliphatic carbocycles. The maximum atomic E-state index is 10.1. The van der Waals surface area contributed by atoms with Crippen LogP contribution in [-0.2, 0) is 0 Å². The third-order valence-corrected chi connectivity index (χ3v) is 4.07. The van der Waals surface area contributed by atoms with Crippen LogP contribution in [0.15, 0.2) is 24.3 Å². The molecule has 1 aliphatic rings. The van der Waals surface area contributed by atoms with Crippen molar-refractivity contribution >= 4 is 0 Å². The van der Waals surface area contributed by atoms with E-state index in [-0.39, 0.29) is 12.1 Å². The number of rotatable bonds is 5. The van der Waals surface area contributed by atoms with Gasteiger partial charge in [0.1, 0.15) is 5.75 Å². The van der Waals surface area contributed by atoms with Crippen LogP contribution in [0.5, 0.6) is 5.75 Å². The van der Waals surface area contributed by atoms with Crippen molar-refractivity contribution in [2.24, 2.45) is 0 Å². The molecular formula is C16H25NO2. The van der Waals surface area contributed by atoms with Gasteiger partial charge in [0.15, 0.2) is 0 Å². The summed E-state index contributed by atoms with van der Waals surface area (Å²) in [5, 5.41) is 13.7. The van der Waals surface area contributed by atoms with E-state index in [1.807, 2.05) is 12.1 Å². The van der Waals surface area contributed by atoms with Crippen molar-refractivity contribution in [2.45, 2.75) is 57.2 Å². The van der Waals surface area contributed by atoms with Gasteiger partial charge in [-0.1, -0.05) is 31.9 Å². The minimum atomic E-state index is -0.193. The molecule has 0 aliphatic heterocycles. The Morgan fingerprint density at radius 2 is 1.95 bits per heavy atom. The van der Waals surface area contributed by atoms with Crippen molar-refractivity contribution in [3.63, 3.8) is 0 Å². The lowest BCUT2D eigenvalue weighted by molar-refractivity contribution is 0.0844. The van der Waals surface area contributed by atoms with E-state index in [0.717, 1.165) is 31.4 Å². The first-order valence-electron chi connectivity index (χ1n) is 7.32. The van der Waals surface area contributed by atoms with Crippen molar-refractivity contribution in [1.29, 1.82) is 0 Å². The number of nitrogens with one attached hydrogen (secondary N) is 1. The third-order valence-electron chi connectivity index (χ3n) is 4.07. The molecule has 19 heavy (non-hydrogen) atoms. The number of methoxy groups -OCH3 is 1. The van der Waals surface area contributed by atoms with Gasteiger partial charge in [0.25, 0.3) is 0 Å². The van der Waals surface area contributed by atoms with Crippen molar-refractivity contribution < 1.29 is 9.84 Å². The molecule has 3 nitrogen and oxygen atoms in total. The number of hydrogen-bond donors (Lipinski definition) is 2. The van der Waals surface area contributed by atoms with Crippen molar-refractivity contribution in [3.8, 4) is 5.75 Å². The molecule has 3 atom stereocenters. The highest BCUT2D eigenvalue weighted by molar-refractivity contribution is 5.29. The molecule has 2 N–H and O–H groups in total. The van der Waals surface area contributed by atoms with Crippen LogP contribution in [0.4, 0.5) is 0 Å². The van der Waals surface area contributed by atoms with Gasteiger partial charge in [0, 0.05) is 12.1 Å². The summed E-state index contributed by atoms with van der Waals surface area (Å²) in [6.45, 7) is 2.18. The molecule has 1 aromatic carbocycles. The Morgan fingerprint density at radius 1 is 1.26 bits per heavy atom. The summed E-state index contributed by atoms with van der Waals surface area (Å²) in [5.41, 5.74) is 1.26. The van der Waals surface area contributed by atoms with E-state index >= 15 is 0 Å². The van der Waals surface area contributed by atoms with Gasteiger partial charge in [-0.3, -0.25) is 0 Å². The normalized spacial score (nSPS) is 25.0. The summed E-state index contributed by atoms with van der Waals surface area (Å²) in [5.74, 6) is 0.885. The van der Waals surface area contributed by atoms with Crippen LogP contribution in [0.3, 0.4) is 0 Å². The highest BCUT2D eigenvalue weighted by Crippen LogP contribution is 2.25. The second kappa shape index (κ2) is 6.92. The first-order chi connectivity index (χ1) is 9.24. The summed E-state index contributed by atoms with van der Waals surface area (Å²) in [6, 6.07) is 8.75. The zero-order valence-electron chi connectivity index (χ0n) is 11.9. The number of hydrogen-bond acceptors (Lipinski definition) is 3. The van der Waals surface area contributed by atoms with Crippen molar-refractivity contribution in [3.05, 3.63) is 29.8 Å². The van der Waals surface area contributed by atoms with Gasteiger partial charge < -0.3 is 15.2 Å². The van der Waals surface area contributed by atoms with Crippen molar-refractivity contribution in [1.82, 2.24) is 5.32 Å². The van der Waals surface area contributed by atoms with Crippen LogP contribution in [0, 0.1) is 0 Å². The Kier molecular flexibility index (Phi) is 5.23. The zero-order valence-corrected chi connectivity index (χ0v) is 11.9. The topological polar surface area (TPSA) is 41.5 Å². The molecule has 1 saturated carbocycles. The molecule has 0 radical (unpaired) electrons. The molecule has 0 saturated heterocycles. The molecule has 0 spiro atoms. The fourth-order valence-corrected chi connectivity index (χ4v) is 2.85. The number of aliphatic hydroxyl groups is 1. The van der Waals surface area contributed by atoms with Crippen LogP contribution >= 0.6 is 0 Å². The SMILES string of the molecule is CCC(NC1CCCCC1O)c1ccc(OC)cc1. The molecule has 0 heterocycles. The Morgan fingerprint density at radius 3 is 2.53 bits per heavy atom. The van der Waals surface area contributed by atoms with E-state index in [4.69, 9.17) is 4.74 Å². The number of benzene rings is 1. The average Bonchev–Trinajstić information content (AvgIpc) is 2.47. The molecule has 106 valence electrons. The number of ether oxygens (including phenoxy) is 1. The monoisotopic (exact) mass is 263 g/mol. The van der Waals surface area contributed by atoms with Crippen LogP contribution in [-0.4, -0.2) is 24.4 Å². The summed E-state index contributed by atoms with van der Waals surface area (Å²) < 4.78 is 5.19. The minimum absolute atomic E-state index is 0.193. The summed E-state index contributed by atoms with van der Waals surface area (Å²) in [4.78, 5) is 0. The smallest absolute Gasteiger partial charge is 0.118 e. The second-order valence-electron chi connectivity index (χ2n) is 5.36. The quantitative estimate of drug-likeness (QED) is 0.858. The fraction of sp³-hybridized carbons (Fsp3) is 0.625. The lowest BCUT2D eigenvalue weighted by Crippen LogP contribution is -2.43. The molecule has 3 unspecified atom stereocenters. The first kappa shape index (κ1) is 14.4. The van der Waals surface area contributed by atoms with E-state index in [2.05, 4.69) is 24.4 Å². The summed E-state index contributed by atoms with van der Waals surface area (Å²) >= 11 is 0. The second-order valence-corrected chi connectivity index (χ2v) is 5.36. The van der Waals surface area contributed by atoms with Crippen molar-refractivity contribution in [2.75, 3.05) is 7.11 Å². The summed E-state index contributed by atoms with van der Waals surface area (Å²) in [7, 11) is 1.68. The standard InChI is InChI=1S/C16H25NO2/c1-3-14(12-8-10-13(19-2)11-9-12)17-15-6-4-5-7-16(15)18/h8-11,14-18H,3-7H2,1-2H3. The van der Waals surface area contributed by atoms with Crippen LogP contribution in [0.2, 0.25) is 0 Å². The van der Waals surface area contributed by atoms with Gasteiger partial charge >= 0.3 is 0 Å². The molecule has 1 fully saturated rings. The molecule has 0 amide bonds. The minimum Gasteiger partial charge on any atom is -0.497 e. The van der Waals surface area contributed by atoms with Gasteiger partial charge in [-0.05, 0) is 37.0 Å². The van der Waals surface area contributed by atoms with E-state index in [1.165, 1.54) is 12.0 Å². The zero-order chi connectivity index (χ0) is 13.7. The Bertz CT molecular complexity index is 377. The predicted molar refractivity (Wildman–Crippen MR) is 77.4 cm³/mol. The predicted octanol–water partition coefficient (Wildman–Crippen LogP) is 3.04. The maximum absolute atomic E-state index is 10.1. The average molecular weight is 263 g/mol. The van der Waals surface area contributed by atoms with E-state index in [0.29, 0.717) is 6.04 Å². The van der Waals surface area contributed by atoms with Crippen LogP contribution in [0.25, 0.3) is 0 Å². The fourth-order valence-electron chi connectivity index (χ4n) is 2.85. The van der Waals surface area contributed by atoms with E-state index in [9.17, 15) is 5.11 Å². The van der Waals surface area contributed by atoms with E-state index < -0.39 is 0 Å². The van der Waals surface area contributed by atoms with Gasteiger partial charge in [-0.2, -0.15) is 0 Å². The van der Waals surface area contributed by atoms with Crippen LogP contribution < -0.4 is 10.1 Å². The lowest BCUT2D eigenvalue weighted by atomic mass is 9.91. The van der Waals surface area contributed by atoms with Crippen LogP contribution in [0.1, 0.15) is 50.6 Å². The maximum Gasteiger partial charge on any atom is 0.118 e. The molecule has 1 aromatic rings. The highest BCUT2D eigenvalue weighted by atomic mass is 16.5. The van der Waals surface area contributed by atoms with Gasteiger partial charge in [0.05, 0.1) is 13.2 Å². The molecular weight excluding hydrogens is 238 g/mol. The number of aliphatic hydroxyl groups excluding tert-OH is 1. The Hall–Kier alpha value is -1.06. The third kappa shape index (κ3) is 3.71. The first-order valence-corrected chi connectivity index (χ1v) is 7.32. The Labute approximate surface area is 116 Å². The molecule has 2 rings (SSSR count). The Balaban J connectivity index is 2.01. The van der Waals surface area contributed by atoms with Gasteiger partial charge in [-0.25, -0.2) is 0 Å². The largest absolute Gasteiger partial charge is 0.497 e. The highest BCUT2D eigenvalue weighted by Gasteiger charge is 2.25. The summed E-state index contributed by atoms with van der Waals surface area (Å²) in [6.07, 6.45) is 5.20. The van der Waals surface area contributed by atoms with Gasteiger partial charge in [0.2, 0.25) is 0 Å². The lowest BCUT2D eigenvalue weighted by Gasteiger charge is -2.32. The van der Waals surface area contributed by atoms with E-state index in [1.54, 1.807) is 7.11 Å².